The Morgan fingerprint density at radius 1 is 1.23 bits per heavy atom. The Kier molecular flexibility index (Phi) is 6.86. The summed E-state index contributed by atoms with van der Waals surface area (Å²) in [5, 5.41) is 2.66. The van der Waals surface area contributed by atoms with Crippen LogP contribution in [-0.2, 0) is 19.1 Å². The Balaban J connectivity index is 1.88. The highest BCUT2D eigenvalue weighted by Gasteiger charge is 2.24. The number of halogens is 1. The molecule has 0 saturated heterocycles. The summed E-state index contributed by atoms with van der Waals surface area (Å²) in [6.45, 7) is 3.11. The lowest BCUT2D eigenvalue weighted by atomic mass is 10.1. The lowest BCUT2D eigenvalue weighted by Crippen LogP contribution is -2.08. The molecule has 0 spiro atoms. The van der Waals surface area contributed by atoms with Gasteiger partial charge in [-0.1, -0.05) is 6.92 Å². The Labute approximate surface area is 187 Å². The minimum Gasteiger partial charge on any atom is -0.493 e. The highest BCUT2D eigenvalue weighted by Crippen LogP contribution is 2.37. The van der Waals surface area contributed by atoms with Crippen molar-refractivity contribution in [3.8, 4) is 11.5 Å². The molecular formula is C22H19BrN2O6. The second kappa shape index (κ2) is 9.57. The minimum atomic E-state index is -0.600. The lowest BCUT2D eigenvalue weighted by molar-refractivity contribution is -0.134. The van der Waals surface area contributed by atoms with E-state index in [0.29, 0.717) is 27.0 Å². The van der Waals surface area contributed by atoms with Gasteiger partial charge >= 0.3 is 11.9 Å². The van der Waals surface area contributed by atoms with Crippen LogP contribution in [0.2, 0.25) is 0 Å². The first kappa shape index (κ1) is 22.2. The largest absolute Gasteiger partial charge is 0.493 e. The molecule has 0 aliphatic carbocycles. The Bertz CT molecular complexity index is 1110. The van der Waals surface area contributed by atoms with Crippen molar-refractivity contribution in [2.45, 2.75) is 20.3 Å². The van der Waals surface area contributed by atoms with Crippen molar-refractivity contribution in [3.63, 3.8) is 0 Å². The lowest BCUT2D eigenvalue weighted by Gasteiger charge is -2.11. The van der Waals surface area contributed by atoms with Crippen molar-refractivity contribution < 1.29 is 28.6 Å². The van der Waals surface area contributed by atoms with Gasteiger partial charge in [-0.25, -0.2) is 9.79 Å². The maximum absolute atomic E-state index is 12.3. The Morgan fingerprint density at radius 3 is 2.55 bits per heavy atom. The van der Waals surface area contributed by atoms with Gasteiger partial charge in [0, 0.05) is 24.6 Å². The van der Waals surface area contributed by atoms with E-state index in [1.54, 1.807) is 49.4 Å². The van der Waals surface area contributed by atoms with Gasteiger partial charge in [-0.3, -0.25) is 9.59 Å². The van der Waals surface area contributed by atoms with Crippen molar-refractivity contribution in [1.29, 1.82) is 0 Å². The molecule has 3 rings (SSSR count). The first-order valence-electron chi connectivity index (χ1n) is 9.29. The highest BCUT2D eigenvalue weighted by molar-refractivity contribution is 9.10. The number of nitrogens with one attached hydrogen (secondary N) is 1. The van der Waals surface area contributed by atoms with Gasteiger partial charge < -0.3 is 19.5 Å². The van der Waals surface area contributed by atoms with Crippen molar-refractivity contribution in [3.05, 3.63) is 57.7 Å². The standard InChI is InChI=1S/C22H19BrN2O6/c1-4-19(27)30-20-16(23)9-13(11-18(20)29-3)10-17-22(28)31-21(25-17)14-5-7-15(8-6-14)24-12(2)26/h5-11H,4H2,1-3H3,(H,24,26)/b17-10-. The molecule has 0 saturated carbocycles. The number of rotatable bonds is 6. The molecule has 0 bridgehead atoms. The third kappa shape index (κ3) is 5.37. The number of benzene rings is 2. The van der Waals surface area contributed by atoms with E-state index in [1.165, 1.54) is 14.0 Å². The number of ether oxygens (including phenoxy) is 3. The summed E-state index contributed by atoms with van der Waals surface area (Å²) in [6.07, 6.45) is 1.76. The molecule has 0 unspecified atom stereocenters. The fraction of sp³-hybridized carbons (Fsp3) is 0.182. The van der Waals surface area contributed by atoms with Gasteiger partial charge in [-0.15, -0.1) is 0 Å². The normalized spacial score (nSPS) is 14.1. The van der Waals surface area contributed by atoms with Crippen LogP contribution in [0.15, 0.2) is 51.6 Å². The molecule has 1 aliphatic rings. The number of cyclic esters (lactones) is 1. The molecule has 31 heavy (non-hydrogen) atoms. The third-order valence-corrected chi connectivity index (χ3v) is 4.72. The van der Waals surface area contributed by atoms with Gasteiger partial charge in [0.2, 0.25) is 11.8 Å². The van der Waals surface area contributed by atoms with E-state index < -0.39 is 11.9 Å². The predicted molar refractivity (Wildman–Crippen MR) is 118 cm³/mol. The SMILES string of the molecule is CCC(=O)Oc1c(Br)cc(/C=C2\N=C(c3ccc(NC(C)=O)cc3)OC2=O)cc1OC. The number of carbonyl (C=O) groups is 3. The summed E-state index contributed by atoms with van der Waals surface area (Å²) < 4.78 is 16.4. The van der Waals surface area contributed by atoms with Crippen molar-refractivity contribution in [2.24, 2.45) is 4.99 Å². The van der Waals surface area contributed by atoms with Crippen LogP contribution in [-0.4, -0.2) is 30.9 Å². The second-order valence-electron chi connectivity index (χ2n) is 6.46. The third-order valence-electron chi connectivity index (χ3n) is 4.13. The Hall–Kier alpha value is -3.46. The van der Waals surface area contributed by atoms with E-state index in [9.17, 15) is 14.4 Å². The average molecular weight is 487 g/mol. The topological polar surface area (TPSA) is 103 Å². The van der Waals surface area contributed by atoms with Crippen LogP contribution in [0.25, 0.3) is 6.08 Å². The van der Waals surface area contributed by atoms with Gasteiger partial charge in [-0.05, 0) is 64.0 Å². The highest BCUT2D eigenvalue weighted by atomic mass is 79.9. The molecule has 1 amide bonds. The van der Waals surface area contributed by atoms with E-state index in [2.05, 4.69) is 26.2 Å². The van der Waals surface area contributed by atoms with Crippen molar-refractivity contribution in [2.75, 3.05) is 12.4 Å². The molecular weight excluding hydrogens is 468 g/mol. The molecule has 2 aromatic rings. The molecule has 1 aliphatic heterocycles. The zero-order valence-electron chi connectivity index (χ0n) is 17.0. The number of esters is 2. The average Bonchev–Trinajstić information content (AvgIpc) is 3.09. The monoisotopic (exact) mass is 486 g/mol. The minimum absolute atomic E-state index is 0.105. The van der Waals surface area contributed by atoms with E-state index in [4.69, 9.17) is 14.2 Å². The van der Waals surface area contributed by atoms with Crippen LogP contribution in [0.4, 0.5) is 5.69 Å². The fourth-order valence-corrected chi connectivity index (χ4v) is 3.24. The number of methoxy groups -OCH3 is 1. The molecule has 8 nitrogen and oxygen atoms in total. The van der Waals surface area contributed by atoms with Crippen LogP contribution in [0.5, 0.6) is 11.5 Å². The maximum atomic E-state index is 12.3. The van der Waals surface area contributed by atoms with Crippen molar-refractivity contribution in [1.82, 2.24) is 0 Å². The quantitative estimate of drug-likeness (QED) is 0.374. The predicted octanol–water partition coefficient (Wildman–Crippen LogP) is 4.08. The number of hydrogen-bond donors (Lipinski definition) is 1. The molecule has 0 fully saturated rings. The summed E-state index contributed by atoms with van der Waals surface area (Å²) in [6, 6.07) is 10.1. The van der Waals surface area contributed by atoms with E-state index in [1.807, 2.05) is 0 Å². The van der Waals surface area contributed by atoms with Gasteiger partial charge in [0.1, 0.15) is 0 Å². The fourth-order valence-electron chi connectivity index (χ4n) is 2.70. The molecule has 1 N–H and O–H groups in total. The van der Waals surface area contributed by atoms with E-state index >= 15 is 0 Å². The van der Waals surface area contributed by atoms with Crippen molar-refractivity contribution >= 4 is 51.4 Å². The zero-order chi connectivity index (χ0) is 22.5. The molecule has 9 heteroatoms. The molecule has 0 atom stereocenters. The number of carbonyl (C=O) groups excluding carboxylic acids is 3. The number of nitrogens with zero attached hydrogens (tertiary/aromatic N) is 1. The summed E-state index contributed by atoms with van der Waals surface area (Å²) in [7, 11) is 1.45. The maximum Gasteiger partial charge on any atom is 0.363 e. The van der Waals surface area contributed by atoms with E-state index in [0.717, 1.165) is 0 Å². The summed E-state index contributed by atoms with van der Waals surface area (Å²) in [4.78, 5) is 39.3. The summed E-state index contributed by atoms with van der Waals surface area (Å²) in [5.41, 5.74) is 1.91. The molecule has 1 heterocycles. The molecule has 0 radical (unpaired) electrons. The number of hydrogen-bond acceptors (Lipinski definition) is 7. The van der Waals surface area contributed by atoms with Crippen LogP contribution in [0.3, 0.4) is 0 Å². The van der Waals surface area contributed by atoms with Crippen LogP contribution < -0.4 is 14.8 Å². The van der Waals surface area contributed by atoms with Crippen LogP contribution in [0.1, 0.15) is 31.4 Å². The molecule has 2 aromatic carbocycles. The Morgan fingerprint density at radius 2 is 1.94 bits per heavy atom. The van der Waals surface area contributed by atoms with Gasteiger partial charge in [0.25, 0.3) is 0 Å². The first-order valence-corrected chi connectivity index (χ1v) is 10.1. The summed E-state index contributed by atoms with van der Waals surface area (Å²) >= 11 is 3.36. The van der Waals surface area contributed by atoms with Gasteiger partial charge in [0.15, 0.2) is 17.2 Å². The smallest absolute Gasteiger partial charge is 0.363 e. The number of aliphatic imine (C=N–C) groups is 1. The van der Waals surface area contributed by atoms with Gasteiger partial charge in [0.05, 0.1) is 11.6 Å². The first-order chi connectivity index (χ1) is 14.8. The number of anilines is 1. The number of amides is 1. The zero-order valence-corrected chi connectivity index (χ0v) is 18.6. The molecule has 160 valence electrons. The van der Waals surface area contributed by atoms with Gasteiger partial charge in [-0.2, -0.15) is 0 Å². The molecule has 0 aromatic heterocycles. The van der Waals surface area contributed by atoms with E-state index in [-0.39, 0.29) is 29.7 Å². The van der Waals surface area contributed by atoms with Crippen LogP contribution in [0, 0.1) is 0 Å². The summed E-state index contributed by atoms with van der Waals surface area (Å²) in [5.74, 6) is -0.438. The second-order valence-corrected chi connectivity index (χ2v) is 7.31. The van der Waals surface area contributed by atoms with Crippen LogP contribution >= 0.6 is 15.9 Å².